The van der Waals surface area contributed by atoms with Crippen LogP contribution in [0.4, 0.5) is 10.5 Å². The van der Waals surface area contributed by atoms with Gasteiger partial charge in [-0.1, -0.05) is 24.3 Å². The summed E-state index contributed by atoms with van der Waals surface area (Å²) in [5, 5.41) is 5.75. The smallest absolute Gasteiger partial charge is 0.319 e. The molecule has 150 valence electrons. The fourth-order valence-electron chi connectivity index (χ4n) is 4.75. The summed E-state index contributed by atoms with van der Waals surface area (Å²) in [6, 6.07) is 10.9. The number of urea groups is 1. The number of nitrogens with one attached hydrogen (secondary N) is 2. The first kappa shape index (κ1) is 18.4. The first-order valence-corrected chi connectivity index (χ1v) is 10.8. The van der Waals surface area contributed by atoms with E-state index in [9.17, 15) is 4.79 Å². The van der Waals surface area contributed by atoms with Crippen LogP contribution in [0.25, 0.3) is 5.57 Å². The molecule has 3 heterocycles. The second-order valence-corrected chi connectivity index (χ2v) is 8.45. The van der Waals surface area contributed by atoms with Crippen molar-refractivity contribution < 1.29 is 4.79 Å². The molecule has 1 aromatic carbocycles. The fourth-order valence-corrected chi connectivity index (χ4v) is 4.75. The van der Waals surface area contributed by atoms with E-state index in [4.69, 9.17) is 4.98 Å². The molecule has 5 rings (SSSR count). The van der Waals surface area contributed by atoms with E-state index in [-0.39, 0.29) is 6.03 Å². The van der Waals surface area contributed by atoms with Crippen molar-refractivity contribution in [3.63, 3.8) is 0 Å². The predicted octanol–water partition coefficient (Wildman–Crippen LogP) is 4.66. The normalized spacial score (nSPS) is 20.0. The van der Waals surface area contributed by atoms with Gasteiger partial charge < -0.3 is 10.6 Å². The van der Waals surface area contributed by atoms with Crippen LogP contribution in [-0.2, 0) is 13.1 Å². The number of hydrogen-bond donors (Lipinski definition) is 2. The Hall–Kier alpha value is -2.66. The number of benzene rings is 1. The lowest BCUT2D eigenvalue weighted by molar-refractivity contribution is 0.204. The Morgan fingerprint density at radius 1 is 1.14 bits per heavy atom. The highest BCUT2D eigenvalue weighted by molar-refractivity contribution is 5.92. The number of nitrogens with zero attached hydrogens (tertiary/aromatic N) is 2. The SMILES string of the molecule is O=C1NCc2ccc(C3CCN(Cc4ccc(C5=CCCC5)nc4)CC3)cc2N1. The Morgan fingerprint density at radius 3 is 2.79 bits per heavy atom. The number of amides is 2. The van der Waals surface area contributed by atoms with Gasteiger partial charge in [-0.25, -0.2) is 4.79 Å². The van der Waals surface area contributed by atoms with Gasteiger partial charge in [0.1, 0.15) is 0 Å². The average Bonchev–Trinajstić information content (AvgIpc) is 3.29. The molecule has 29 heavy (non-hydrogen) atoms. The maximum absolute atomic E-state index is 11.6. The molecule has 2 amide bonds. The maximum Gasteiger partial charge on any atom is 0.319 e. The highest BCUT2D eigenvalue weighted by Crippen LogP contribution is 2.32. The molecule has 0 atom stereocenters. The number of carbonyl (C=O) groups excluding carboxylic acids is 1. The van der Waals surface area contributed by atoms with Crippen LogP contribution < -0.4 is 10.6 Å². The van der Waals surface area contributed by atoms with E-state index in [0.717, 1.165) is 49.4 Å². The predicted molar refractivity (Wildman–Crippen MR) is 116 cm³/mol. The van der Waals surface area contributed by atoms with Crippen LogP contribution in [0.15, 0.2) is 42.6 Å². The van der Waals surface area contributed by atoms with Crippen molar-refractivity contribution in [1.82, 2.24) is 15.2 Å². The van der Waals surface area contributed by atoms with Crippen LogP contribution in [0.3, 0.4) is 0 Å². The number of carbonyl (C=O) groups is 1. The molecule has 0 spiro atoms. The van der Waals surface area contributed by atoms with Gasteiger partial charge in [-0.2, -0.15) is 0 Å². The second kappa shape index (κ2) is 7.99. The first-order chi connectivity index (χ1) is 14.2. The van der Waals surface area contributed by atoms with E-state index >= 15 is 0 Å². The molecule has 0 bridgehead atoms. The van der Waals surface area contributed by atoms with Gasteiger partial charge in [-0.3, -0.25) is 9.88 Å². The highest BCUT2D eigenvalue weighted by atomic mass is 16.2. The van der Waals surface area contributed by atoms with Crippen molar-refractivity contribution in [2.75, 3.05) is 18.4 Å². The van der Waals surface area contributed by atoms with Crippen LogP contribution in [0.1, 0.15) is 60.4 Å². The van der Waals surface area contributed by atoms with E-state index in [1.807, 2.05) is 0 Å². The van der Waals surface area contributed by atoms with Gasteiger partial charge in [-0.05, 0) is 85.5 Å². The lowest BCUT2D eigenvalue weighted by atomic mass is 9.88. The third-order valence-corrected chi connectivity index (χ3v) is 6.48. The lowest BCUT2D eigenvalue weighted by Gasteiger charge is -2.32. The molecule has 1 saturated heterocycles. The van der Waals surface area contributed by atoms with Gasteiger partial charge in [0.15, 0.2) is 0 Å². The van der Waals surface area contributed by atoms with E-state index in [1.54, 1.807) is 0 Å². The molecule has 0 saturated carbocycles. The van der Waals surface area contributed by atoms with E-state index in [2.05, 4.69) is 58.1 Å². The number of rotatable bonds is 4. The summed E-state index contributed by atoms with van der Waals surface area (Å²) in [6.07, 6.45) is 10.3. The Balaban J connectivity index is 1.18. The number of likely N-dealkylation sites (tertiary alicyclic amines) is 1. The van der Waals surface area contributed by atoms with Crippen LogP contribution in [0, 0.1) is 0 Å². The fraction of sp³-hybridized carbons (Fsp3) is 0.417. The molecule has 1 aromatic heterocycles. The Bertz CT molecular complexity index is 926. The minimum atomic E-state index is -0.103. The van der Waals surface area contributed by atoms with Crippen LogP contribution >= 0.6 is 0 Å². The molecule has 1 aliphatic carbocycles. The largest absolute Gasteiger partial charge is 0.334 e. The molecule has 2 aromatic rings. The number of allylic oxidation sites excluding steroid dienone is 2. The summed E-state index contributed by atoms with van der Waals surface area (Å²) in [6.45, 7) is 3.79. The molecule has 3 aliphatic rings. The Morgan fingerprint density at radius 2 is 2.03 bits per heavy atom. The van der Waals surface area contributed by atoms with Crippen LogP contribution in [0.2, 0.25) is 0 Å². The van der Waals surface area contributed by atoms with Gasteiger partial charge >= 0.3 is 6.03 Å². The minimum absolute atomic E-state index is 0.103. The third-order valence-electron chi connectivity index (χ3n) is 6.48. The van der Waals surface area contributed by atoms with Crippen molar-refractivity contribution >= 4 is 17.3 Å². The van der Waals surface area contributed by atoms with Crippen molar-refractivity contribution in [1.29, 1.82) is 0 Å². The standard InChI is InChI=1S/C24H28N4O/c29-24-26-15-21-7-6-20(13-23(21)27-24)18-9-11-28(12-10-18)16-17-5-8-22(25-14-17)19-3-1-2-4-19/h3,5-8,13-14,18H,1-2,4,9-12,15-16H2,(H2,26,27,29). The van der Waals surface area contributed by atoms with Gasteiger partial charge in [0, 0.05) is 25.0 Å². The number of piperidine rings is 1. The molecule has 2 aliphatic heterocycles. The summed E-state index contributed by atoms with van der Waals surface area (Å²) in [4.78, 5) is 18.8. The van der Waals surface area contributed by atoms with E-state index in [0.29, 0.717) is 12.5 Å². The lowest BCUT2D eigenvalue weighted by Crippen LogP contribution is -2.34. The Kier molecular flexibility index (Phi) is 5.06. The van der Waals surface area contributed by atoms with Crippen LogP contribution in [0.5, 0.6) is 0 Å². The summed E-state index contributed by atoms with van der Waals surface area (Å²) < 4.78 is 0. The van der Waals surface area contributed by atoms with Crippen molar-refractivity contribution in [2.24, 2.45) is 0 Å². The number of anilines is 1. The molecule has 1 fully saturated rings. The minimum Gasteiger partial charge on any atom is -0.334 e. The molecular formula is C24H28N4O. The van der Waals surface area contributed by atoms with Crippen molar-refractivity contribution in [2.45, 2.75) is 51.1 Å². The second-order valence-electron chi connectivity index (χ2n) is 8.45. The molecule has 5 nitrogen and oxygen atoms in total. The van der Waals surface area contributed by atoms with Gasteiger partial charge in [0.05, 0.1) is 5.69 Å². The molecule has 0 unspecified atom stereocenters. The van der Waals surface area contributed by atoms with Gasteiger partial charge in [-0.15, -0.1) is 0 Å². The number of hydrogen-bond acceptors (Lipinski definition) is 3. The third kappa shape index (κ3) is 4.06. The zero-order valence-electron chi connectivity index (χ0n) is 16.8. The van der Waals surface area contributed by atoms with Crippen LogP contribution in [-0.4, -0.2) is 29.0 Å². The van der Waals surface area contributed by atoms with E-state index < -0.39 is 0 Å². The van der Waals surface area contributed by atoms with Gasteiger partial charge in [0.25, 0.3) is 0 Å². The number of pyridine rings is 1. The number of fused-ring (bicyclic) bond motifs is 1. The monoisotopic (exact) mass is 388 g/mol. The summed E-state index contributed by atoms with van der Waals surface area (Å²) in [5.74, 6) is 0.568. The summed E-state index contributed by atoms with van der Waals surface area (Å²) in [5.41, 5.74) is 7.35. The molecule has 5 heteroatoms. The topological polar surface area (TPSA) is 57.3 Å². The first-order valence-electron chi connectivity index (χ1n) is 10.8. The zero-order chi connectivity index (χ0) is 19.6. The summed E-state index contributed by atoms with van der Waals surface area (Å²) >= 11 is 0. The quantitative estimate of drug-likeness (QED) is 0.801. The van der Waals surface area contributed by atoms with Crippen molar-refractivity contribution in [3.8, 4) is 0 Å². The maximum atomic E-state index is 11.6. The average molecular weight is 389 g/mol. The van der Waals surface area contributed by atoms with E-state index in [1.165, 1.54) is 36.0 Å². The summed E-state index contributed by atoms with van der Waals surface area (Å²) in [7, 11) is 0. The van der Waals surface area contributed by atoms with Gasteiger partial charge in [0.2, 0.25) is 0 Å². The zero-order valence-corrected chi connectivity index (χ0v) is 16.8. The molecular weight excluding hydrogens is 360 g/mol. The highest BCUT2D eigenvalue weighted by Gasteiger charge is 2.23. The Labute approximate surface area is 172 Å². The molecule has 2 N–H and O–H groups in total. The van der Waals surface area contributed by atoms with Crippen molar-refractivity contribution in [3.05, 3.63) is 65.0 Å². The molecule has 0 radical (unpaired) electrons. The number of aromatic nitrogens is 1.